The highest BCUT2D eigenvalue weighted by Crippen LogP contribution is 2.21. The van der Waals surface area contributed by atoms with Crippen LogP contribution in [0.15, 0.2) is 12.1 Å². The zero-order valence-electron chi connectivity index (χ0n) is 15.7. The molecule has 1 fully saturated rings. The van der Waals surface area contributed by atoms with Gasteiger partial charge >= 0.3 is 0 Å². The zero-order valence-corrected chi connectivity index (χ0v) is 16.5. The molecular weight excluding hydrogens is 338 g/mol. The molecule has 2 atom stereocenters. The van der Waals surface area contributed by atoms with Crippen molar-refractivity contribution in [3.05, 3.63) is 21.9 Å². The lowest BCUT2D eigenvalue weighted by Crippen LogP contribution is -2.58. The molecule has 2 amide bonds. The van der Waals surface area contributed by atoms with Gasteiger partial charge in [-0.3, -0.25) is 14.5 Å². The molecule has 140 valence electrons. The minimum absolute atomic E-state index is 0.0680. The van der Waals surface area contributed by atoms with Crippen molar-refractivity contribution in [1.29, 1.82) is 0 Å². The molecule has 0 spiro atoms. The molecule has 1 aliphatic heterocycles. The average Bonchev–Trinajstić information content (AvgIpc) is 2.99. The summed E-state index contributed by atoms with van der Waals surface area (Å²) in [6.07, 6.45) is 0.403. The van der Waals surface area contributed by atoms with Crippen LogP contribution in [0.25, 0.3) is 0 Å². The molecule has 0 radical (unpaired) electrons. The van der Waals surface area contributed by atoms with Crippen molar-refractivity contribution in [2.45, 2.75) is 58.9 Å². The van der Waals surface area contributed by atoms with Crippen LogP contribution in [-0.4, -0.2) is 54.1 Å². The number of morpholine rings is 1. The Hall–Kier alpha value is -1.44. The SMILES string of the molecule is CC(=O)NCc1ccc(C(=O)NCC(C)(C)N2CC(C)OC(C)C2)s1. The van der Waals surface area contributed by atoms with E-state index < -0.39 is 0 Å². The third-order valence-corrected chi connectivity index (χ3v) is 5.44. The third-order valence-electron chi connectivity index (χ3n) is 4.35. The quantitative estimate of drug-likeness (QED) is 0.807. The highest BCUT2D eigenvalue weighted by Gasteiger charge is 2.33. The minimum atomic E-state index is -0.141. The van der Waals surface area contributed by atoms with Crippen LogP contribution in [0.4, 0.5) is 0 Å². The van der Waals surface area contributed by atoms with Crippen LogP contribution in [0.1, 0.15) is 49.2 Å². The zero-order chi connectivity index (χ0) is 18.6. The average molecular weight is 368 g/mol. The molecule has 2 rings (SSSR count). The molecule has 1 saturated heterocycles. The highest BCUT2D eigenvalue weighted by atomic mass is 32.1. The summed E-state index contributed by atoms with van der Waals surface area (Å²) in [5.74, 6) is -0.142. The normalized spacial score (nSPS) is 21.8. The Labute approximate surface area is 153 Å². The Balaban J connectivity index is 1.89. The molecule has 1 aliphatic rings. The van der Waals surface area contributed by atoms with Gasteiger partial charge in [-0.05, 0) is 39.8 Å². The Kier molecular flexibility index (Phi) is 6.59. The molecule has 6 nitrogen and oxygen atoms in total. The first-order chi connectivity index (χ1) is 11.7. The smallest absolute Gasteiger partial charge is 0.261 e. The summed E-state index contributed by atoms with van der Waals surface area (Å²) in [7, 11) is 0. The number of amides is 2. The van der Waals surface area contributed by atoms with Gasteiger partial charge in [-0.25, -0.2) is 0 Å². The van der Waals surface area contributed by atoms with Crippen LogP contribution in [0.5, 0.6) is 0 Å². The van der Waals surface area contributed by atoms with Gasteiger partial charge in [0.15, 0.2) is 0 Å². The molecule has 0 aliphatic carbocycles. The first kappa shape index (κ1) is 19.9. The van der Waals surface area contributed by atoms with Gasteiger partial charge in [0.2, 0.25) is 5.91 Å². The number of thiophene rings is 1. The van der Waals surface area contributed by atoms with E-state index in [1.54, 1.807) is 0 Å². The molecule has 7 heteroatoms. The summed E-state index contributed by atoms with van der Waals surface area (Å²) in [6, 6.07) is 3.69. The lowest BCUT2D eigenvalue weighted by atomic mass is 10.00. The van der Waals surface area contributed by atoms with Gasteiger partial charge in [-0.15, -0.1) is 11.3 Å². The van der Waals surface area contributed by atoms with Crippen LogP contribution in [-0.2, 0) is 16.1 Å². The number of nitrogens with zero attached hydrogens (tertiary/aromatic N) is 1. The van der Waals surface area contributed by atoms with Gasteiger partial charge in [0.1, 0.15) is 0 Å². The Bertz CT molecular complexity index is 604. The summed E-state index contributed by atoms with van der Waals surface area (Å²) in [6.45, 7) is 12.7. The monoisotopic (exact) mass is 367 g/mol. The predicted octanol–water partition coefficient (Wildman–Crippen LogP) is 2.00. The van der Waals surface area contributed by atoms with Crippen molar-refractivity contribution < 1.29 is 14.3 Å². The van der Waals surface area contributed by atoms with Gasteiger partial charge in [-0.2, -0.15) is 0 Å². The minimum Gasteiger partial charge on any atom is -0.373 e. The second-order valence-corrected chi connectivity index (χ2v) is 8.50. The largest absolute Gasteiger partial charge is 0.373 e. The highest BCUT2D eigenvalue weighted by molar-refractivity contribution is 7.14. The third kappa shape index (κ3) is 5.80. The fraction of sp³-hybridized carbons (Fsp3) is 0.667. The standard InChI is InChI=1S/C18H29N3O3S/c1-12-9-21(10-13(2)24-12)18(4,5)11-20-17(23)16-7-6-15(25-16)8-19-14(3)22/h6-7,12-13H,8-11H2,1-5H3,(H,19,22)(H,20,23). The van der Waals surface area contributed by atoms with Crippen molar-refractivity contribution in [2.75, 3.05) is 19.6 Å². The number of hydrogen-bond donors (Lipinski definition) is 2. The van der Waals surface area contributed by atoms with Gasteiger partial charge in [-0.1, -0.05) is 0 Å². The first-order valence-corrected chi connectivity index (χ1v) is 9.51. The summed E-state index contributed by atoms with van der Waals surface area (Å²) in [5, 5.41) is 5.79. The Morgan fingerprint density at radius 1 is 1.24 bits per heavy atom. The molecule has 1 aromatic heterocycles. The molecule has 25 heavy (non-hydrogen) atoms. The summed E-state index contributed by atoms with van der Waals surface area (Å²) >= 11 is 1.41. The maximum absolute atomic E-state index is 12.4. The molecule has 0 aromatic carbocycles. The fourth-order valence-corrected chi connectivity index (χ4v) is 3.84. The molecule has 0 bridgehead atoms. The van der Waals surface area contributed by atoms with Gasteiger partial charge in [0.25, 0.3) is 5.91 Å². The topological polar surface area (TPSA) is 70.7 Å². The molecule has 2 N–H and O–H groups in total. The van der Waals surface area contributed by atoms with E-state index in [-0.39, 0.29) is 29.6 Å². The number of ether oxygens (including phenoxy) is 1. The van der Waals surface area contributed by atoms with E-state index in [0.29, 0.717) is 18.0 Å². The number of hydrogen-bond acceptors (Lipinski definition) is 5. The van der Waals surface area contributed by atoms with Crippen molar-refractivity contribution in [3.8, 4) is 0 Å². The van der Waals surface area contributed by atoms with Gasteiger partial charge in [0, 0.05) is 37.0 Å². The van der Waals surface area contributed by atoms with E-state index in [2.05, 4.69) is 43.2 Å². The number of nitrogens with one attached hydrogen (secondary N) is 2. The summed E-state index contributed by atoms with van der Waals surface area (Å²) < 4.78 is 5.79. The van der Waals surface area contributed by atoms with E-state index in [1.807, 2.05) is 12.1 Å². The summed E-state index contributed by atoms with van der Waals surface area (Å²) in [5.41, 5.74) is -0.141. The second kappa shape index (κ2) is 8.29. The maximum Gasteiger partial charge on any atom is 0.261 e. The van der Waals surface area contributed by atoms with Crippen molar-refractivity contribution in [2.24, 2.45) is 0 Å². The van der Waals surface area contributed by atoms with Crippen LogP contribution >= 0.6 is 11.3 Å². The van der Waals surface area contributed by atoms with Crippen LogP contribution in [0.2, 0.25) is 0 Å². The van der Waals surface area contributed by atoms with Gasteiger partial charge < -0.3 is 15.4 Å². The van der Waals surface area contributed by atoms with Crippen LogP contribution in [0.3, 0.4) is 0 Å². The number of carbonyl (C=O) groups excluding carboxylic acids is 2. The maximum atomic E-state index is 12.4. The second-order valence-electron chi connectivity index (χ2n) is 7.33. The first-order valence-electron chi connectivity index (χ1n) is 8.69. The van der Waals surface area contributed by atoms with Crippen molar-refractivity contribution in [3.63, 3.8) is 0 Å². The number of rotatable bonds is 6. The van der Waals surface area contributed by atoms with Crippen LogP contribution in [0, 0.1) is 0 Å². The van der Waals surface area contributed by atoms with E-state index >= 15 is 0 Å². The molecular formula is C18H29N3O3S. The lowest BCUT2D eigenvalue weighted by Gasteiger charge is -2.45. The molecule has 2 heterocycles. The van der Waals surface area contributed by atoms with Crippen molar-refractivity contribution >= 4 is 23.2 Å². The van der Waals surface area contributed by atoms with Crippen LogP contribution < -0.4 is 10.6 Å². The lowest BCUT2D eigenvalue weighted by molar-refractivity contribution is -0.119. The molecule has 2 unspecified atom stereocenters. The number of carbonyl (C=O) groups is 2. The van der Waals surface area contributed by atoms with Gasteiger partial charge in [0.05, 0.1) is 23.6 Å². The summed E-state index contributed by atoms with van der Waals surface area (Å²) in [4.78, 5) is 27.4. The van der Waals surface area contributed by atoms with E-state index in [0.717, 1.165) is 18.0 Å². The van der Waals surface area contributed by atoms with E-state index in [9.17, 15) is 9.59 Å². The van der Waals surface area contributed by atoms with Crippen molar-refractivity contribution in [1.82, 2.24) is 15.5 Å². The Morgan fingerprint density at radius 2 is 1.88 bits per heavy atom. The van der Waals surface area contributed by atoms with E-state index in [4.69, 9.17) is 4.74 Å². The van der Waals surface area contributed by atoms with E-state index in [1.165, 1.54) is 18.3 Å². The fourth-order valence-electron chi connectivity index (χ4n) is 2.97. The molecule has 0 saturated carbocycles. The predicted molar refractivity (Wildman–Crippen MR) is 99.8 cm³/mol. The molecule has 1 aromatic rings. The Morgan fingerprint density at radius 3 is 2.48 bits per heavy atom.